The van der Waals surface area contributed by atoms with Gasteiger partial charge < -0.3 is 20.5 Å². The van der Waals surface area contributed by atoms with E-state index < -0.39 is 12.1 Å². The van der Waals surface area contributed by atoms with Crippen molar-refractivity contribution in [3.8, 4) is 11.1 Å². The number of aliphatic carboxylic acids is 1. The molecule has 0 spiro atoms. The van der Waals surface area contributed by atoms with E-state index in [9.17, 15) is 19.5 Å². The zero-order valence-corrected chi connectivity index (χ0v) is 19.0. The molecule has 3 aliphatic rings. The SMILES string of the molecule is O=C(NC[C@H]1C[C@H]1C(=O)N[C@H]1CCC[C@@H](C(=O)O)C1)OCC1c2ccccc2-c2ccccc21. The molecule has 0 heterocycles. The molecule has 34 heavy (non-hydrogen) atoms. The molecule has 0 aromatic heterocycles. The van der Waals surface area contributed by atoms with E-state index in [1.807, 2.05) is 24.3 Å². The second-order valence-electron chi connectivity index (χ2n) is 9.72. The first-order chi connectivity index (χ1) is 16.5. The van der Waals surface area contributed by atoms with Crippen LogP contribution in [0.3, 0.4) is 0 Å². The van der Waals surface area contributed by atoms with E-state index in [2.05, 4.69) is 34.9 Å². The van der Waals surface area contributed by atoms with Gasteiger partial charge >= 0.3 is 12.1 Å². The summed E-state index contributed by atoms with van der Waals surface area (Å²) in [6.45, 7) is 0.665. The molecule has 0 saturated heterocycles. The lowest BCUT2D eigenvalue weighted by Gasteiger charge is -2.27. The van der Waals surface area contributed by atoms with Gasteiger partial charge in [0.1, 0.15) is 6.61 Å². The largest absolute Gasteiger partial charge is 0.481 e. The summed E-state index contributed by atoms with van der Waals surface area (Å²) in [6.07, 6.45) is 3.08. The lowest BCUT2D eigenvalue weighted by molar-refractivity contribution is -0.143. The highest BCUT2D eigenvalue weighted by Crippen LogP contribution is 2.44. The van der Waals surface area contributed by atoms with Crippen molar-refractivity contribution in [2.45, 2.75) is 44.1 Å². The fraction of sp³-hybridized carbons (Fsp3) is 0.444. The van der Waals surface area contributed by atoms with E-state index in [1.54, 1.807) is 0 Å². The smallest absolute Gasteiger partial charge is 0.407 e. The summed E-state index contributed by atoms with van der Waals surface area (Å²) in [4.78, 5) is 36.1. The average Bonchev–Trinajstić information content (AvgIpc) is 3.57. The van der Waals surface area contributed by atoms with E-state index in [4.69, 9.17) is 4.74 Å². The van der Waals surface area contributed by atoms with Crippen LogP contribution in [-0.2, 0) is 14.3 Å². The molecule has 178 valence electrons. The number of rotatable bonds is 7. The monoisotopic (exact) mass is 462 g/mol. The molecule has 7 nitrogen and oxygen atoms in total. The van der Waals surface area contributed by atoms with Crippen LogP contribution in [0.2, 0.25) is 0 Å². The number of carboxylic acids is 1. The standard InChI is InChI=1S/C27H30N2O5/c30-25(29-18-7-5-6-16(12-18)26(31)32)23-13-17(23)14-28-27(33)34-15-24-21-10-3-1-8-19(21)20-9-2-4-11-22(20)24/h1-4,8-11,16-18,23-24H,5-7,12-15H2,(H,28,33)(H,29,30)(H,31,32)/t16-,17-,18+,23-/m1/s1. The van der Waals surface area contributed by atoms with Crippen LogP contribution in [0.15, 0.2) is 48.5 Å². The van der Waals surface area contributed by atoms with Crippen LogP contribution in [0.4, 0.5) is 4.79 Å². The van der Waals surface area contributed by atoms with Crippen molar-refractivity contribution in [3.63, 3.8) is 0 Å². The first kappa shape index (κ1) is 22.4. The minimum absolute atomic E-state index is 0.0164. The summed E-state index contributed by atoms with van der Waals surface area (Å²) in [7, 11) is 0. The number of benzene rings is 2. The van der Waals surface area contributed by atoms with Crippen molar-refractivity contribution < 1.29 is 24.2 Å². The van der Waals surface area contributed by atoms with Crippen molar-refractivity contribution in [1.82, 2.24) is 10.6 Å². The molecule has 3 N–H and O–H groups in total. The van der Waals surface area contributed by atoms with Crippen LogP contribution in [0.25, 0.3) is 11.1 Å². The van der Waals surface area contributed by atoms with Gasteiger partial charge in [0, 0.05) is 24.4 Å². The number of hydrogen-bond donors (Lipinski definition) is 3. The Kier molecular flexibility index (Phi) is 6.26. The maximum atomic E-state index is 12.5. The quantitative estimate of drug-likeness (QED) is 0.579. The summed E-state index contributed by atoms with van der Waals surface area (Å²) in [5.74, 6) is -1.20. The lowest BCUT2D eigenvalue weighted by atomic mass is 9.85. The Balaban J connectivity index is 1.07. The van der Waals surface area contributed by atoms with Crippen LogP contribution in [0, 0.1) is 17.8 Å². The zero-order chi connectivity index (χ0) is 23.7. The molecule has 0 unspecified atom stereocenters. The highest BCUT2D eigenvalue weighted by atomic mass is 16.5. The maximum Gasteiger partial charge on any atom is 0.407 e. The second-order valence-corrected chi connectivity index (χ2v) is 9.72. The first-order valence-electron chi connectivity index (χ1n) is 12.1. The van der Waals surface area contributed by atoms with E-state index >= 15 is 0 Å². The number of amides is 2. The van der Waals surface area contributed by atoms with Gasteiger partial charge in [0.25, 0.3) is 0 Å². The molecular weight excluding hydrogens is 432 g/mol. The van der Waals surface area contributed by atoms with Gasteiger partial charge in [0.05, 0.1) is 5.92 Å². The minimum atomic E-state index is -0.782. The molecule has 7 heteroatoms. The highest BCUT2D eigenvalue weighted by molar-refractivity contribution is 5.82. The number of carbonyl (C=O) groups is 3. The van der Waals surface area contributed by atoms with Crippen molar-refractivity contribution >= 4 is 18.0 Å². The maximum absolute atomic E-state index is 12.5. The Morgan fingerprint density at radius 3 is 2.29 bits per heavy atom. The highest BCUT2D eigenvalue weighted by Gasteiger charge is 2.44. The van der Waals surface area contributed by atoms with Crippen LogP contribution in [-0.4, -0.2) is 42.3 Å². The third kappa shape index (κ3) is 4.65. The molecular formula is C27H30N2O5. The molecule has 2 fully saturated rings. The van der Waals surface area contributed by atoms with Gasteiger partial charge in [-0.15, -0.1) is 0 Å². The van der Waals surface area contributed by atoms with Gasteiger partial charge in [-0.05, 0) is 53.9 Å². The molecule has 0 aliphatic heterocycles. The van der Waals surface area contributed by atoms with Crippen LogP contribution < -0.4 is 10.6 Å². The number of hydrogen-bond acceptors (Lipinski definition) is 4. The van der Waals surface area contributed by atoms with Gasteiger partial charge in [-0.1, -0.05) is 55.0 Å². The number of carboxylic acid groups (broad SMARTS) is 1. The third-order valence-corrected chi connectivity index (χ3v) is 7.48. The van der Waals surface area contributed by atoms with E-state index in [1.165, 1.54) is 22.3 Å². The predicted molar refractivity (Wildman–Crippen MR) is 126 cm³/mol. The zero-order valence-electron chi connectivity index (χ0n) is 19.0. The Labute approximate surface area is 198 Å². The topological polar surface area (TPSA) is 105 Å². The summed E-state index contributed by atoms with van der Waals surface area (Å²) in [5, 5.41) is 15.0. The van der Waals surface area contributed by atoms with Crippen molar-refractivity contribution in [3.05, 3.63) is 59.7 Å². The van der Waals surface area contributed by atoms with Gasteiger partial charge in [0.2, 0.25) is 5.91 Å². The minimum Gasteiger partial charge on any atom is -0.481 e. The van der Waals surface area contributed by atoms with Gasteiger partial charge in [0.15, 0.2) is 0 Å². The Morgan fingerprint density at radius 2 is 1.62 bits per heavy atom. The number of carbonyl (C=O) groups excluding carboxylic acids is 2. The van der Waals surface area contributed by atoms with Crippen LogP contribution >= 0.6 is 0 Å². The molecule has 2 amide bonds. The van der Waals surface area contributed by atoms with E-state index in [-0.39, 0.29) is 42.2 Å². The Morgan fingerprint density at radius 1 is 0.941 bits per heavy atom. The predicted octanol–water partition coefficient (Wildman–Crippen LogP) is 3.92. The third-order valence-electron chi connectivity index (χ3n) is 7.48. The fourth-order valence-corrected chi connectivity index (χ4v) is 5.51. The molecule has 2 aromatic carbocycles. The molecule has 3 aliphatic carbocycles. The van der Waals surface area contributed by atoms with Crippen LogP contribution in [0.5, 0.6) is 0 Å². The summed E-state index contributed by atoms with van der Waals surface area (Å²) in [5.41, 5.74) is 4.71. The molecule has 2 saturated carbocycles. The Bertz CT molecular complexity index is 1050. The molecule has 5 rings (SSSR count). The van der Waals surface area contributed by atoms with E-state index in [0.717, 1.165) is 19.3 Å². The van der Waals surface area contributed by atoms with Gasteiger partial charge in [-0.2, -0.15) is 0 Å². The lowest BCUT2D eigenvalue weighted by Crippen LogP contribution is -2.41. The Hall–Kier alpha value is -3.35. The fourth-order valence-electron chi connectivity index (χ4n) is 5.51. The summed E-state index contributed by atoms with van der Waals surface area (Å²) < 4.78 is 5.56. The van der Waals surface area contributed by atoms with Crippen LogP contribution in [0.1, 0.15) is 49.1 Å². The molecule has 0 radical (unpaired) electrons. The average molecular weight is 463 g/mol. The number of fused-ring (bicyclic) bond motifs is 3. The van der Waals surface area contributed by atoms with Crippen molar-refractivity contribution in [2.75, 3.05) is 13.2 Å². The second kappa shape index (κ2) is 9.49. The summed E-state index contributed by atoms with van der Waals surface area (Å²) in [6, 6.07) is 16.3. The normalized spacial score (nSPS) is 25.1. The van der Waals surface area contributed by atoms with Crippen molar-refractivity contribution in [2.24, 2.45) is 17.8 Å². The number of alkyl carbamates (subject to hydrolysis) is 1. The number of ether oxygens (including phenoxy) is 1. The summed E-state index contributed by atoms with van der Waals surface area (Å²) >= 11 is 0. The van der Waals surface area contributed by atoms with Gasteiger partial charge in [-0.25, -0.2) is 4.79 Å². The van der Waals surface area contributed by atoms with Gasteiger partial charge in [-0.3, -0.25) is 9.59 Å². The van der Waals surface area contributed by atoms with E-state index in [0.29, 0.717) is 19.4 Å². The van der Waals surface area contributed by atoms with Crippen molar-refractivity contribution in [1.29, 1.82) is 0 Å². The molecule has 0 bridgehead atoms. The molecule has 2 aromatic rings. The molecule has 4 atom stereocenters. The number of nitrogens with one attached hydrogen (secondary N) is 2. The first-order valence-corrected chi connectivity index (χ1v) is 12.1.